The normalized spacial score (nSPS) is 23.9. The van der Waals surface area contributed by atoms with Gasteiger partial charge < -0.3 is 26.0 Å². The zero-order chi connectivity index (χ0) is 27.0. The van der Waals surface area contributed by atoms with E-state index in [9.17, 15) is 20.1 Å². The van der Waals surface area contributed by atoms with Crippen molar-refractivity contribution in [3.8, 4) is 0 Å². The summed E-state index contributed by atoms with van der Waals surface area (Å²) < 4.78 is 0. The van der Waals surface area contributed by atoms with Gasteiger partial charge in [-0.3, -0.25) is 4.79 Å². The second-order valence-corrected chi connectivity index (χ2v) is 11.8. The first-order valence-corrected chi connectivity index (χ1v) is 14.8. The Balaban J connectivity index is 1.66. The monoisotopic (exact) mass is 532 g/mol. The Kier molecular flexibility index (Phi) is 15.4. The summed E-state index contributed by atoms with van der Waals surface area (Å²) in [5.41, 5.74) is 7.27. The number of benzene rings is 1. The standard InChI is InChI=1S/C30H48N2O4S/c1-32(2)19-10-20-37-30(31)21-25(34)13-8-3-4-9-14-26-27(29(36)22-28(26)35)18-17-24(33)16-15-23-11-6-5-7-12-23/h4-7,9,11-12,17-18,24,26-30,33,35-36H,3,8,10,13-16,19-22,31H2,1-2H3/b9-4-,18-17+/t24-,26+,27+,28-,29+,30?/m0/s1. The van der Waals surface area contributed by atoms with Crippen LogP contribution in [0.4, 0.5) is 0 Å². The van der Waals surface area contributed by atoms with Crippen LogP contribution in [-0.2, 0) is 11.2 Å². The van der Waals surface area contributed by atoms with Gasteiger partial charge in [-0.1, -0.05) is 54.6 Å². The average Bonchev–Trinajstić information content (AvgIpc) is 3.13. The number of carbonyl (C=O) groups excluding carboxylic acids is 1. The van der Waals surface area contributed by atoms with E-state index in [4.69, 9.17) is 5.73 Å². The molecule has 1 aromatic carbocycles. The molecule has 1 unspecified atom stereocenters. The predicted octanol–water partition coefficient (Wildman–Crippen LogP) is 3.94. The fourth-order valence-corrected chi connectivity index (χ4v) is 5.71. The molecule has 1 aliphatic rings. The largest absolute Gasteiger partial charge is 0.393 e. The molecular weight excluding hydrogens is 484 g/mol. The second-order valence-electron chi connectivity index (χ2n) is 10.5. The maximum atomic E-state index is 12.2. The average molecular weight is 533 g/mol. The molecular formula is C30H48N2O4S. The van der Waals surface area contributed by atoms with Gasteiger partial charge in [0.1, 0.15) is 5.78 Å². The number of hydrogen-bond donors (Lipinski definition) is 4. The van der Waals surface area contributed by atoms with E-state index in [0.29, 0.717) is 32.1 Å². The van der Waals surface area contributed by atoms with Gasteiger partial charge in [0.25, 0.3) is 0 Å². The van der Waals surface area contributed by atoms with Crippen LogP contribution in [0.1, 0.15) is 56.9 Å². The Morgan fingerprint density at radius 2 is 1.92 bits per heavy atom. The molecule has 5 N–H and O–H groups in total. The molecule has 1 fully saturated rings. The highest BCUT2D eigenvalue weighted by atomic mass is 32.2. The summed E-state index contributed by atoms with van der Waals surface area (Å²) in [4.78, 5) is 14.3. The van der Waals surface area contributed by atoms with Crippen LogP contribution in [0.15, 0.2) is 54.6 Å². The van der Waals surface area contributed by atoms with E-state index in [1.165, 1.54) is 5.56 Å². The Hall–Kier alpha value is -1.48. The van der Waals surface area contributed by atoms with Crippen molar-refractivity contribution in [1.29, 1.82) is 0 Å². The van der Waals surface area contributed by atoms with E-state index < -0.39 is 18.3 Å². The molecule has 1 aromatic rings. The minimum atomic E-state index is -0.603. The van der Waals surface area contributed by atoms with Crippen molar-refractivity contribution in [1.82, 2.24) is 4.90 Å². The third-order valence-electron chi connectivity index (χ3n) is 6.95. The van der Waals surface area contributed by atoms with Crippen molar-refractivity contribution in [2.45, 2.75) is 81.5 Å². The van der Waals surface area contributed by atoms with Crippen molar-refractivity contribution in [2.75, 3.05) is 26.4 Å². The van der Waals surface area contributed by atoms with Gasteiger partial charge in [-0.15, -0.1) is 11.8 Å². The lowest BCUT2D eigenvalue weighted by Crippen LogP contribution is -2.21. The molecule has 0 radical (unpaired) electrons. The van der Waals surface area contributed by atoms with Gasteiger partial charge in [-0.2, -0.15) is 0 Å². The molecule has 37 heavy (non-hydrogen) atoms. The summed E-state index contributed by atoms with van der Waals surface area (Å²) in [6.07, 6.45) is 12.1. The molecule has 0 amide bonds. The number of aryl methyl sites for hydroxylation is 1. The topological polar surface area (TPSA) is 107 Å². The van der Waals surface area contributed by atoms with Crippen LogP contribution in [0.2, 0.25) is 0 Å². The molecule has 0 aliphatic heterocycles. The van der Waals surface area contributed by atoms with Gasteiger partial charge in [0.05, 0.1) is 23.7 Å². The Morgan fingerprint density at radius 3 is 2.65 bits per heavy atom. The lowest BCUT2D eigenvalue weighted by molar-refractivity contribution is -0.119. The third-order valence-corrected chi connectivity index (χ3v) is 8.07. The fraction of sp³-hybridized carbons (Fsp3) is 0.633. The number of Topliss-reactive ketones (excluding diaryl/α,β-unsaturated/α-hetero) is 1. The zero-order valence-corrected chi connectivity index (χ0v) is 23.4. The van der Waals surface area contributed by atoms with Crippen LogP contribution in [0.5, 0.6) is 0 Å². The quantitative estimate of drug-likeness (QED) is 0.129. The number of carbonyl (C=O) groups is 1. The smallest absolute Gasteiger partial charge is 0.135 e. The molecule has 0 heterocycles. The van der Waals surface area contributed by atoms with Crippen LogP contribution < -0.4 is 5.73 Å². The lowest BCUT2D eigenvalue weighted by atomic mass is 9.89. The number of nitrogens with two attached hydrogens (primary N) is 1. The van der Waals surface area contributed by atoms with Gasteiger partial charge in [-0.25, -0.2) is 0 Å². The van der Waals surface area contributed by atoms with Crippen LogP contribution in [0.3, 0.4) is 0 Å². The molecule has 6 atom stereocenters. The van der Waals surface area contributed by atoms with E-state index in [0.717, 1.165) is 38.0 Å². The SMILES string of the molecule is CN(C)CCCSC(N)CC(=O)CCC/C=C\C[C@@H]1[C@@H](/C=C/[C@@H](O)CCc2ccccc2)[C@H](O)C[C@@H]1O. The number of thioether (sulfide) groups is 1. The van der Waals surface area contributed by atoms with Gasteiger partial charge in [-0.05, 0) is 76.4 Å². The van der Waals surface area contributed by atoms with Crippen LogP contribution in [0, 0.1) is 11.8 Å². The van der Waals surface area contributed by atoms with Gasteiger partial charge >= 0.3 is 0 Å². The van der Waals surface area contributed by atoms with Gasteiger partial charge in [0, 0.05) is 25.2 Å². The highest BCUT2D eigenvalue weighted by Crippen LogP contribution is 2.36. The van der Waals surface area contributed by atoms with Crippen molar-refractivity contribution in [2.24, 2.45) is 17.6 Å². The molecule has 208 valence electrons. The number of aliphatic hydroxyl groups excluding tert-OH is 3. The minimum absolute atomic E-state index is 0.0759. The fourth-order valence-electron chi connectivity index (χ4n) is 4.81. The summed E-state index contributed by atoms with van der Waals surface area (Å²) in [5, 5.41) is 31.2. The maximum Gasteiger partial charge on any atom is 0.135 e. The third kappa shape index (κ3) is 13.2. The molecule has 6 nitrogen and oxygen atoms in total. The minimum Gasteiger partial charge on any atom is -0.393 e. The van der Waals surface area contributed by atoms with Crippen LogP contribution in [0.25, 0.3) is 0 Å². The van der Waals surface area contributed by atoms with E-state index in [2.05, 4.69) is 43.3 Å². The molecule has 1 saturated carbocycles. The number of allylic oxidation sites excluding steroid dienone is 2. The van der Waals surface area contributed by atoms with Crippen LogP contribution >= 0.6 is 11.8 Å². The number of rotatable bonds is 18. The first kappa shape index (κ1) is 31.7. The van der Waals surface area contributed by atoms with E-state index in [-0.39, 0.29) is 23.0 Å². The number of hydrogen-bond acceptors (Lipinski definition) is 7. The number of nitrogens with zero attached hydrogens (tertiary/aromatic N) is 1. The lowest BCUT2D eigenvalue weighted by Gasteiger charge is -2.19. The Bertz CT molecular complexity index is 817. The number of aliphatic hydroxyl groups is 3. The molecule has 7 heteroatoms. The summed E-state index contributed by atoms with van der Waals surface area (Å²) >= 11 is 1.67. The molecule has 0 saturated heterocycles. The molecule has 2 rings (SSSR count). The molecule has 0 bridgehead atoms. The van der Waals surface area contributed by atoms with E-state index >= 15 is 0 Å². The van der Waals surface area contributed by atoms with Crippen molar-refractivity contribution < 1.29 is 20.1 Å². The van der Waals surface area contributed by atoms with E-state index in [1.807, 2.05) is 24.3 Å². The number of unbranched alkanes of at least 4 members (excludes halogenated alkanes) is 1. The highest BCUT2D eigenvalue weighted by molar-refractivity contribution is 7.99. The second kappa shape index (κ2) is 17.9. The molecule has 1 aliphatic carbocycles. The summed E-state index contributed by atoms with van der Waals surface area (Å²) in [7, 11) is 4.11. The first-order chi connectivity index (χ1) is 17.8. The van der Waals surface area contributed by atoms with Crippen molar-refractivity contribution in [3.05, 3.63) is 60.2 Å². The predicted molar refractivity (Wildman–Crippen MR) is 154 cm³/mol. The van der Waals surface area contributed by atoms with Gasteiger partial charge in [0.15, 0.2) is 0 Å². The summed E-state index contributed by atoms with van der Waals surface area (Å²) in [6.45, 7) is 1.03. The molecule has 0 spiro atoms. The molecule has 0 aromatic heterocycles. The highest BCUT2D eigenvalue weighted by Gasteiger charge is 2.39. The van der Waals surface area contributed by atoms with Crippen molar-refractivity contribution in [3.63, 3.8) is 0 Å². The first-order valence-electron chi connectivity index (χ1n) is 13.7. The maximum absolute atomic E-state index is 12.2. The van der Waals surface area contributed by atoms with Crippen molar-refractivity contribution >= 4 is 17.5 Å². The van der Waals surface area contributed by atoms with Gasteiger partial charge in [0.2, 0.25) is 0 Å². The number of ketones is 1. The van der Waals surface area contributed by atoms with E-state index in [1.54, 1.807) is 17.8 Å². The Labute approximate surface area is 228 Å². The summed E-state index contributed by atoms with van der Waals surface area (Å²) in [6, 6.07) is 10.1. The zero-order valence-electron chi connectivity index (χ0n) is 22.6. The summed E-state index contributed by atoms with van der Waals surface area (Å²) in [5.74, 6) is 0.934. The Morgan fingerprint density at radius 1 is 1.16 bits per heavy atom. The van der Waals surface area contributed by atoms with Crippen LogP contribution in [-0.4, -0.2) is 76.1 Å².